The van der Waals surface area contributed by atoms with Gasteiger partial charge in [-0.25, -0.2) is 0 Å². The molecule has 1 aliphatic carbocycles. The summed E-state index contributed by atoms with van der Waals surface area (Å²) in [5.74, 6) is 0.404. The number of nitrogens with one attached hydrogen (secondary N) is 3. The summed E-state index contributed by atoms with van der Waals surface area (Å²) < 4.78 is 0. The predicted octanol–water partition coefficient (Wildman–Crippen LogP) is 2.65. The van der Waals surface area contributed by atoms with E-state index in [1.165, 1.54) is 12.8 Å². The van der Waals surface area contributed by atoms with Crippen LogP contribution < -0.4 is 10.6 Å². The van der Waals surface area contributed by atoms with E-state index in [1.807, 2.05) is 30.3 Å². The van der Waals surface area contributed by atoms with Gasteiger partial charge in [0.05, 0.1) is 0 Å². The number of H-pyrrole nitrogens is 1. The third-order valence-corrected chi connectivity index (χ3v) is 3.61. The molecule has 1 amide bonds. The van der Waals surface area contributed by atoms with Crippen molar-refractivity contribution < 1.29 is 4.79 Å². The second-order valence-corrected chi connectivity index (χ2v) is 5.42. The van der Waals surface area contributed by atoms with Crippen molar-refractivity contribution in [2.24, 2.45) is 0 Å². The molecule has 1 saturated carbocycles. The number of nitrogens with zero attached hydrogens (tertiary/aromatic N) is 1. The molecule has 0 bridgehead atoms. The molecule has 2 aromatic rings. The summed E-state index contributed by atoms with van der Waals surface area (Å²) in [6.45, 7) is 3.79. The zero-order valence-electron chi connectivity index (χ0n) is 12.1. The lowest BCUT2D eigenvalue weighted by Gasteiger charge is -2.06. The molecule has 5 nitrogen and oxygen atoms in total. The van der Waals surface area contributed by atoms with Crippen LogP contribution in [0.2, 0.25) is 0 Å². The Kier molecular flexibility index (Phi) is 4.01. The average Bonchev–Trinajstić information content (AvgIpc) is 3.22. The Bertz CT molecular complexity index is 631. The smallest absolute Gasteiger partial charge is 0.276 e. The molecule has 110 valence electrons. The maximum atomic E-state index is 12.2. The lowest BCUT2D eigenvalue weighted by Crippen LogP contribution is -2.14. The van der Waals surface area contributed by atoms with Crippen molar-refractivity contribution in [1.82, 2.24) is 15.5 Å². The fourth-order valence-corrected chi connectivity index (χ4v) is 2.28. The number of carbonyl (C=O) groups excluding carboxylic acids is 1. The van der Waals surface area contributed by atoms with Crippen molar-refractivity contribution in [3.63, 3.8) is 0 Å². The highest BCUT2D eigenvalue weighted by molar-refractivity contribution is 6.02. The molecule has 0 aliphatic heterocycles. The zero-order chi connectivity index (χ0) is 14.7. The molecule has 0 saturated heterocycles. The SMILES string of the molecule is CCNCc1cccc(NC(=O)c2cc(C3CC3)[nH]n2)c1. The van der Waals surface area contributed by atoms with Crippen molar-refractivity contribution in [2.75, 3.05) is 11.9 Å². The highest BCUT2D eigenvalue weighted by Gasteiger charge is 2.26. The van der Waals surface area contributed by atoms with Crippen molar-refractivity contribution in [1.29, 1.82) is 0 Å². The first-order valence-corrected chi connectivity index (χ1v) is 7.42. The third-order valence-electron chi connectivity index (χ3n) is 3.61. The maximum absolute atomic E-state index is 12.2. The molecule has 3 rings (SSSR count). The summed E-state index contributed by atoms with van der Waals surface area (Å²) in [7, 11) is 0. The van der Waals surface area contributed by atoms with Crippen LogP contribution in [0, 0.1) is 0 Å². The molecule has 3 N–H and O–H groups in total. The van der Waals surface area contributed by atoms with Gasteiger partial charge < -0.3 is 10.6 Å². The summed E-state index contributed by atoms with van der Waals surface area (Å²) in [5.41, 5.74) is 3.47. The van der Waals surface area contributed by atoms with Crippen LogP contribution >= 0.6 is 0 Å². The summed E-state index contributed by atoms with van der Waals surface area (Å²) >= 11 is 0. The number of anilines is 1. The zero-order valence-corrected chi connectivity index (χ0v) is 12.1. The molecular weight excluding hydrogens is 264 g/mol. The number of hydrogen-bond acceptors (Lipinski definition) is 3. The standard InChI is InChI=1S/C16H20N4O/c1-2-17-10-11-4-3-5-13(8-11)18-16(21)15-9-14(19-20-15)12-6-7-12/h3-5,8-9,12,17H,2,6-7,10H2,1H3,(H,18,21)(H,19,20). The van der Waals surface area contributed by atoms with E-state index in [0.29, 0.717) is 11.6 Å². The van der Waals surface area contributed by atoms with Gasteiger partial charge in [-0.1, -0.05) is 19.1 Å². The Hall–Kier alpha value is -2.14. The molecule has 1 heterocycles. The number of benzene rings is 1. The van der Waals surface area contributed by atoms with E-state index in [1.54, 1.807) is 0 Å². The summed E-state index contributed by atoms with van der Waals surface area (Å²) in [5, 5.41) is 13.2. The van der Waals surface area contributed by atoms with E-state index in [9.17, 15) is 4.79 Å². The minimum atomic E-state index is -0.168. The van der Waals surface area contributed by atoms with Crippen LogP contribution in [0.25, 0.3) is 0 Å². The average molecular weight is 284 g/mol. The molecule has 0 radical (unpaired) electrons. The topological polar surface area (TPSA) is 69.8 Å². The lowest BCUT2D eigenvalue weighted by molar-refractivity contribution is 0.102. The molecule has 1 aromatic carbocycles. The molecule has 0 atom stereocenters. The van der Waals surface area contributed by atoms with Gasteiger partial charge in [0, 0.05) is 23.8 Å². The molecule has 0 unspecified atom stereocenters. The van der Waals surface area contributed by atoms with Crippen LogP contribution in [0.4, 0.5) is 5.69 Å². The fourth-order valence-electron chi connectivity index (χ4n) is 2.28. The highest BCUT2D eigenvalue weighted by Crippen LogP contribution is 2.39. The van der Waals surface area contributed by atoms with Gasteiger partial charge in [-0.15, -0.1) is 0 Å². The quantitative estimate of drug-likeness (QED) is 0.763. The van der Waals surface area contributed by atoms with Crippen LogP contribution in [-0.2, 0) is 6.54 Å². The molecule has 1 fully saturated rings. The molecule has 5 heteroatoms. The largest absolute Gasteiger partial charge is 0.321 e. The van der Waals surface area contributed by atoms with Crippen molar-refractivity contribution in [3.8, 4) is 0 Å². The molecule has 1 aromatic heterocycles. The first-order chi connectivity index (χ1) is 10.3. The number of rotatable bonds is 6. The summed E-state index contributed by atoms with van der Waals surface area (Å²) in [6.07, 6.45) is 2.38. The van der Waals surface area contributed by atoms with E-state index in [0.717, 1.165) is 30.0 Å². The van der Waals surface area contributed by atoms with E-state index >= 15 is 0 Å². The van der Waals surface area contributed by atoms with Crippen molar-refractivity contribution >= 4 is 11.6 Å². The van der Waals surface area contributed by atoms with Gasteiger partial charge in [-0.2, -0.15) is 5.10 Å². The molecule has 1 aliphatic rings. The fraction of sp³-hybridized carbons (Fsp3) is 0.375. The number of amides is 1. The molecule has 21 heavy (non-hydrogen) atoms. The van der Waals surface area contributed by atoms with E-state index < -0.39 is 0 Å². The van der Waals surface area contributed by atoms with E-state index in [2.05, 4.69) is 27.8 Å². The number of aromatic amines is 1. The number of aromatic nitrogens is 2. The van der Waals surface area contributed by atoms with Crippen molar-refractivity contribution in [3.05, 3.63) is 47.3 Å². The number of carbonyl (C=O) groups is 1. The Morgan fingerprint density at radius 1 is 1.38 bits per heavy atom. The van der Waals surface area contributed by atoms with Gasteiger partial charge >= 0.3 is 0 Å². The minimum Gasteiger partial charge on any atom is -0.321 e. The first kappa shape index (κ1) is 13.8. The molecular formula is C16H20N4O. The van der Waals surface area contributed by atoms with Crippen LogP contribution in [0.15, 0.2) is 30.3 Å². The van der Waals surface area contributed by atoms with Gasteiger partial charge in [-0.05, 0) is 43.1 Å². The van der Waals surface area contributed by atoms with E-state index in [4.69, 9.17) is 0 Å². The predicted molar refractivity (Wildman–Crippen MR) is 82.3 cm³/mol. The van der Waals surface area contributed by atoms with Gasteiger partial charge in [-0.3, -0.25) is 9.89 Å². The second-order valence-electron chi connectivity index (χ2n) is 5.42. The second kappa shape index (κ2) is 6.10. The van der Waals surface area contributed by atoms with Crippen molar-refractivity contribution in [2.45, 2.75) is 32.2 Å². The Morgan fingerprint density at radius 2 is 2.24 bits per heavy atom. The third kappa shape index (κ3) is 3.49. The summed E-state index contributed by atoms with van der Waals surface area (Å²) in [6, 6.07) is 9.72. The normalized spacial score (nSPS) is 14.1. The Balaban J connectivity index is 1.65. The van der Waals surface area contributed by atoms with Gasteiger partial charge in [0.25, 0.3) is 5.91 Å². The van der Waals surface area contributed by atoms with Crippen LogP contribution in [0.5, 0.6) is 0 Å². The van der Waals surface area contributed by atoms with Gasteiger partial charge in [0.2, 0.25) is 0 Å². The Morgan fingerprint density at radius 3 is 3.00 bits per heavy atom. The van der Waals surface area contributed by atoms with Crippen LogP contribution in [0.1, 0.15) is 47.4 Å². The monoisotopic (exact) mass is 284 g/mol. The number of hydrogen-bond donors (Lipinski definition) is 3. The van der Waals surface area contributed by atoms with Gasteiger partial charge in [0.15, 0.2) is 5.69 Å². The van der Waals surface area contributed by atoms with Crippen LogP contribution in [-0.4, -0.2) is 22.6 Å². The summed E-state index contributed by atoms with van der Waals surface area (Å²) in [4.78, 5) is 12.2. The lowest BCUT2D eigenvalue weighted by atomic mass is 10.2. The van der Waals surface area contributed by atoms with Gasteiger partial charge in [0.1, 0.15) is 0 Å². The maximum Gasteiger partial charge on any atom is 0.276 e. The van der Waals surface area contributed by atoms with Crippen LogP contribution in [0.3, 0.4) is 0 Å². The van der Waals surface area contributed by atoms with E-state index in [-0.39, 0.29) is 5.91 Å². The minimum absolute atomic E-state index is 0.168. The first-order valence-electron chi connectivity index (χ1n) is 7.42. The Labute approximate surface area is 124 Å². The highest BCUT2D eigenvalue weighted by atomic mass is 16.1. The molecule has 0 spiro atoms.